The van der Waals surface area contributed by atoms with Gasteiger partial charge in [0.15, 0.2) is 12.2 Å². The lowest BCUT2D eigenvalue weighted by Crippen LogP contribution is -2.30. The lowest BCUT2D eigenvalue weighted by Gasteiger charge is -2.21. The molecule has 0 radical (unpaired) electrons. The van der Waals surface area contributed by atoms with Crippen molar-refractivity contribution in [2.24, 2.45) is 0 Å². The molecule has 0 saturated carbocycles. The maximum atomic E-state index is 13.1. The number of carbonyl (C=O) groups excluding carboxylic acids is 4. The molecule has 0 bridgehead atoms. The maximum Gasteiger partial charge on any atom is 0.472 e. The molecule has 0 fully saturated rings. The number of phosphoric ester groups is 2. The second-order valence-electron chi connectivity index (χ2n) is 28.4. The molecule has 0 aromatic carbocycles. The van der Waals surface area contributed by atoms with Crippen LogP contribution in [0, 0.1) is 0 Å². The molecule has 5 unspecified atom stereocenters. The van der Waals surface area contributed by atoms with Gasteiger partial charge in [0.05, 0.1) is 26.4 Å². The van der Waals surface area contributed by atoms with Crippen LogP contribution in [0.15, 0.2) is 146 Å². The third kappa shape index (κ3) is 81.0. The Morgan fingerprint density at radius 3 is 0.755 bits per heavy atom. The van der Waals surface area contributed by atoms with Gasteiger partial charge < -0.3 is 33.8 Å². The van der Waals surface area contributed by atoms with Gasteiger partial charge in [-0.1, -0.05) is 321 Å². The molecule has 0 spiro atoms. The minimum Gasteiger partial charge on any atom is -0.462 e. The lowest BCUT2D eigenvalue weighted by molar-refractivity contribution is -0.161. The minimum absolute atomic E-state index is 0.0600. The Balaban J connectivity index is 5.44. The molecule has 17 nitrogen and oxygen atoms in total. The second kappa shape index (κ2) is 81.9. The normalized spacial score (nSPS) is 14.5. The van der Waals surface area contributed by atoms with Crippen molar-refractivity contribution < 1.29 is 80.2 Å². The Morgan fingerprint density at radius 2 is 0.473 bits per heavy atom. The van der Waals surface area contributed by atoms with Crippen molar-refractivity contribution in [2.75, 3.05) is 39.6 Å². The van der Waals surface area contributed by atoms with Crippen LogP contribution in [0.5, 0.6) is 0 Å². The van der Waals surface area contributed by atoms with E-state index in [9.17, 15) is 43.2 Å². The molecule has 0 aliphatic heterocycles. The monoisotopic (exact) mass is 1580 g/mol. The molecule has 0 amide bonds. The van der Waals surface area contributed by atoms with Crippen LogP contribution in [0.4, 0.5) is 0 Å². The third-order valence-corrected chi connectivity index (χ3v) is 19.7. The quantitative estimate of drug-likeness (QED) is 0.0169. The summed E-state index contributed by atoms with van der Waals surface area (Å²) in [5, 5.41) is 10.7. The SMILES string of the molecule is CC/C=C\C/C=C\C/C=C\C/C=C\C/C=C\CCCCCC(=O)OCC(COP(=O)(O)OCC(O)COP(=O)(O)OCC(COC(=O)CCCCCCCC/C=C\C/C=C\C/C=C\CCCCC)OC(=O)CCCCCC/C=C\C/C=C\C/C=C\C/C=C\CC)OC(=O)CCCCCCCCCCCCCCCCC. The summed E-state index contributed by atoms with van der Waals surface area (Å²) in [5.74, 6) is -2.24. The molecular formula is C91H154O17P2. The van der Waals surface area contributed by atoms with Crippen LogP contribution < -0.4 is 0 Å². The average molecular weight is 1580 g/mol. The number of hydrogen-bond acceptors (Lipinski definition) is 15. The fourth-order valence-electron chi connectivity index (χ4n) is 11.3. The van der Waals surface area contributed by atoms with Crippen molar-refractivity contribution >= 4 is 39.5 Å². The first-order valence-corrected chi connectivity index (χ1v) is 46.1. The second-order valence-corrected chi connectivity index (χ2v) is 31.3. The van der Waals surface area contributed by atoms with Crippen molar-refractivity contribution in [1.82, 2.24) is 0 Å². The highest BCUT2D eigenvalue weighted by molar-refractivity contribution is 7.47. The van der Waals surface area contributed by atoms with E-state index in [2.05, 4.69) is 174 Å². The van der Waals surface area contributed by atoms with Crippen LogP contribution in [0.25, 0.3) is 0 Å². The van der Waals surface area contributed by atoms with Crippen LogP contribution in [-0.4, -0.2) is 96.7 Å². The van der Waals surface area contributed by atoms with Gasteiger partial charge in [0, 0.05) is 25.7 Å². The number of ether oxygens (including phenoxy) is 4. The van der Waals surface area contributed by atoms with Crippen LogP contribution in [0.3, 0.4) is 0 Å². The molecule has 0 aliphatic rings. The van der Waals surface area contributed by atoms with Gasteiger partial charge in [-0.3, -0.25) is 37.3 Å². The summed E-state index contributed by atoms with van der Waals surface area (Å²) in [7, 11) is -9.99. The lowest BCUT2D eigenvalue weighted by atomic mass is 10.0. The molecule has 0 aromatic heterocycles. The van der Waals surface area contributed by atoms with Gasteiger partial charge in [-0.15, -0.1) is 0 Å². The molecule has 0 saturated heterocycles. The van der Waals surface area contributed by atoms with E-state index < -0.39 is 97.5 Å². The molecule has 3 N–H and O–H groups in total. The van der Waals surface area contributed by atoms with E-state index in [1.807, 2.05) is 0 Å². The molecule has 110 heavy (non-hydrogen) atoms. The Hall–Kier alpha value is -5.06. The highest BCUT2D eigenvalue weighted by Gasteiger charge is 2.30. The topological polar surface area (TPSA) is 237 Å². The van der Waals surface area contributed by atoms with E-state index in [1.54, 1.807) is 0 Å². The number of aliphatic hydroxyl groups excluding tert-OH is 1. The van der Waals surface area contributed by atoms with Crippen LogP contribution in [0.1, 0.15) is 349 Å². The number of esters is 4. The molecule has 0 heterocycles. The standard InChI is InChI=1S/C91H154O17P2/c1-5-9-13-17-21-25-29-33-37-40-42-45-48-51-55-59-63-67-71-75-88(93)101-81-86(107-90(95)77-73-69-65-61-57-53-47-36-32-28-24-20-16-12-8-4)83-105-109(97,98)103-79-85(92)80-104-110(99,100)106-84-87(108-91(96)78-74-70-66-62-58-54-50-44-39-35-31-27-23-19-15-11-7-3)82-102-89(94)76-72-68-64-60-56-52-49-46-43-41-38-34-30-26-22-18-14-10-6-2/h9,11,13,15,21-23,25-27,33-35,37-39,42-43,45-46,50-51,54-55,85-87,92H,5-8,10,12,14,16-20,24,28-32,36,40-41,44,47-49,52-53,56-84H2,1-4H3,(H,97,98)(H,99,100)/b13-9-,15-11-,25-21-,26-22-,27-23-,37-33-,38-34-,39-35-,45-42-,46-43-,54-50-,55-51-. The highest BCUT2D eigenvalue weighted by Crippen LogP contribution is 2.45. The summed E-state index contributed by atoms with van der Waals surface area (Å²) in [6.45, 7) is 4.59. The van der Waals surface area contributed by atoms with Crippen molar-refractivity contribution in [3.63, 3.8) is 0 Å². The first-order valence-electron chi connectivity index (χ1n) is 43.1. The van der Waals surface area contributed by atoms with Crippen molar-refractivity contribution in [3.8, 4) is 0 Å². The number of unbranched alkanes of at least 4 members (excludes halogenated alkanes) is 30. The molecule has 0 aliphatic carbocycles. The van der Waals surface area contributed by atoms with E-state index >= 15 is 0 Å². The molecule has 0 aromatic rings. The predicted molar refractivity (Wildman–Crippen MR) is 454 cm³/mol. The van der Waals surface area contributed by atoms with Gasteiger partial charge >= 0.3 is 39.5 Å². The predicted octanol–water partition coefficient (Wildman–Crippen LogP) is 25.8. The summed E-state index contributed by atoms with van der Waals surface area (Å²) in [5.41, 5.74) is 0. The Morgan fingerprint density at radius 1 is 0.264 bits per heavy atom. The zero-order valence-corrected chi connectivity index (χ0v) is 70.9. The molecule has 630 valence electrons. The zero-order chi connectivity index (χ0) is 80.3. The number of aliphatic hydroxyl groups is 1. The van der Waals surface area contributed by atoms with Crippen molar-refractivity contribution in [2.45, 2.75) is 367 Å². The first kappa shape index (κ1) is 105. The summed E-state index contributed by atoms with van der Waals surface area (Å²) in [6.07, 6.45) is 95.1. The largest absolute Gasteiger partial charge is 0.472 e. The van der Waals surface area contributed by atoms with Crippen molar-refractivity contribution in [1.29, 1.82) is 0 Å². The van der Waals surface area contributed by atoms with E-state index in [-0.39, 0.29) is 25.7 Å². The fraction of sp³-hybridized carbons (Fsp3) is 0.692. The van der Waals surface area contributed by atoms with Gasteiger partial charge in [0.1, 0.15) is 19.3 Å². The van der Waals surface area contributed by atoms with E-state index in [1.165, 1.54) is 83.5 Å². The van der Waals surface area contributed by atoms with E-state index in [0.717, 1.165) is 186 Å². The van der Waals surface area contributed by atoms with Gasteiger partial charge in [-0.2, -0.15) is 0 Å². The van der Waals surface area contributed by atoms with Crippen molar-refractivity contribution in [3.05, 3.63) is 146 Å². The number of carbonyl (C=O) groups is 4. The molecule has 5 atom stereocenters. The molecular weight excluding hydrogens is 1430 g/mol. The summed E-state index contributed by atoms with van der Waals surface area (Å²) in [4.78, 5) is 73.3. The highest BCUT2D eigenvalue weighted by atomic mass is 31.2. The van der Waals surface area contributed by atoms with Gasteiger partial charge in [0.2, 0.25) is 0 Å². The fourth-order valence-corrected chi connectivity index (χ4v) is 12.9. The Kier molecular flexibility index (Phi) is 78.2. The van der Waals surface area contributed by atoms with Crippen LogP contribution in [-0.2, 0) is 65.4 Å². The number of hydrogen-bond donors (Lipinski definition) is 3. The van der Waals surface area contributed by atoms with Gasteiger partial charge in [-0.25, -0.2) is 9.13 Å². The third-order valence-electron chi connectivity index (χ3n) is 17.8. The minimum atomic E-state index is -5.00. The Bertz CT molecular complexity index is 2650. The average Bonchev–Trinajstić information content (AvgIpc) is 0.899. The zero-order valence-electron chi connectivity index (χ0n) is 69.1. The Labute approximate surface area is 668 Å². The summed E-state index contributed by atoms with van der Waals surface area (Å²) < 4.78 is 68.8. The summed E-state index contributed by atoms with van der Waals surface area (Å²) in [6, 6.07) is 0. The van der Waals surface area contributed by atoms with Gasteiger partial charge in [0.25, 0.3) is 0 Å². The van der Waals surface area contributed by atoms with Gasteiger partial charge in [-0.05, 0) is 148 Å². The number of phosphoric acid groups is 2. The van der Waals surface area contributed by atoms with Crippen LogP contribution >= 0.6 is 15.6 Å². The van der Waals surface area contributed by atoms with Crippen LogP contribution in [0.2, 0.25) is 0 Å². The summed E-state index contributed by atoms with van der Waals surface area (Å²) >= 11 is 0. The number of allylic oxidation sites excluding steroid dienone is 24. The van der Waals surface area contributed by atoms with E-state index in [4.69, 9.17) is 37.0 Å². The number of rotatable bonds is 80. The smallest absolute Gasteiger partial charge is 0.462 e. The maximum absolute atomic E-state index is 13.1. The molecule has 19 heteroatoms. The molecule has 0 rings (SSSR count). The first-order chi connectivity index (χ1) is 53.7. The van der Waals surface area contributed by atoms with E-state index in [0.29, 0.717) is 25.7 Å².